The van der Waals surface area contributed by atoms with Crippen molar-refractivity contribution in [1.29, 1.82) is 0 Å². The van der Waals surface area contributed by atoms with Crippen LogP contribution in [0.5, 0.6) is 0 Å². The summed E-state index contributed by atoms with van der Waals surface area (Å²) in [6, 6.07) is 55.2. The molecule has 0 radical (unpaired) electrons. The third kappa shape index (κ3) is 3.62. The van der Waals surface area contributed by atoms with E-state index in [1.165, 1.54) is 71.6 Å². The highest BCUT2D eigenvalue weighted by Crippen LogP contribution is 2.53. The Morgan fingerprint density at radius 1 is 0.520 bits per heavy atom. The second kappa shape index (κ2) is 9.83. The van der Waals surface area contributed by atoms with E-state index in [9.17, 15) is 0 Å². The standard InChI is InChI=1S/C46H31N3O/c1-46(2)35-16-8-6-15-32(35)43-36(46)22-25-41-44(43)34-27-29(21-24-40(34)48(41)30-12-4-3-5-13-30)28-20-23-39-33(26-28)31-14-7-10-18-38(31)49(39)45-47-37-17-9-11-19-42(37)50-45/h3-27H,1-2H3. The molecule has 1 aliphatic rings. The van der Waals surface area contributed by atoms with Gasteiger partial charge in [-0.25, -0.2) is 0 Å². The molecule has 11 rings (SSSR count). The molecule has 0 saturated carbocycles. The van der Waals surface area contributed by atoms with Crippen molar-refractivity contribution in [1.82, 2.24) is 14.1 Å². The predicted octanol–water partition coefficient (Wildman–Crippen LogP) is 12.0. The lowest BCUT2D eigenvalue weighted by atomic mass is 9.82. The van der Waals surface area contributed by atoms with Crippen molar-refractivity contribution in [2.24, 2.45) is 0 Å². The van der Waals surface area contributed by atoms with Crippen LogP contribution in [0.4, 0.5) is 0 Å². The van der Waals surface area contributed by atoms with Gasteiger partial charge in [0.05, 0.1) is 22.1 Å². The van der Waals surface area contributed by atoms with Crippen molar-refractivity contribution >= 4 is 54.7 Å². The average molecular weight is 642 g/mol. The van der Waals surface area contributed by atoms with E-state index in [0.717, 1.165) is 22.1 Å². The van der Waals surface area contributed by atoms with E-state index in [1.54, 1.807) is 0 Å². The molecule has 10 aromatic rings. The van der Waals surface area contributed by atoms with Gasteiger partial charge in [0.25, 0.3) is 0 Å². The molecule has 0 fully saturated rings. The zero-order valence-electron chi connectivity index (χ0n) is 27.7. The number of hydrogen-bond donors (Lipinski definition) is 0. The van der Waals surface area contributed by atoms with Gasteiger partial charge in [0.2, 0.25) is 0 Å². The summed E-state index contributed by atoms with van der Waals surface area (Å²) in [6.07, 6.45) is 0. The fourth-order valence-corrected chi connectivity index (χ4v) is 8.65. The highest BCUT2D eigenvalue weighted by molar-refractivity contribution is 6.19. The molecule has 0 N–H and O–H groups in total. The fourth-order valence-electron chi connectivity index (χ4n) is 8.65. The molecule has 4 heteroatoms. The predicted molar refractivity (Wildman–Crippen MR) is 206 cm³/mol. The Kier molecular flexibility index (Phi) is 5.42. The lowest BCUT2D eigenvalue weighted by Gasteiger charge is -2.21. The monoisotopic (exact) mass is 641 g/mol. The van der Waals surface area contributed by atoms with Gasteiger partial charge in [-0.1, -0.05) is 105 Å². The van der Waals surface area contributed by atoms with Crippen molar-refractivity contribution in [3.05, 3.63) is 163 Å². The van der Waals surface area contributed by atoms with Gasteiger partial charge in [-0.2, -0.15) is 4.98 Å². The summed E-state index contributed by atoms with van der Waals surface area (Å²) < 4.78 is 10.9. The van der Waals surface area contributed by atoms with Crippen LogP contribution >= 0.6 is 0 Å². The Hall–Kier alpha value is -6.39. The van der Waals surface area contributed by atoms with Crippen molar-refractivity contribution in [3.8, 4) is 34.0 Å². The molecule has 0 spiro atoms. The quantitative estimate of drug-likeness (QED) is 0.192. The van der Waals surface area contributed by atoms with Crippen LogP contribution in [-0.2, 0) is 5.41 Å². The molecular formula is C46H31N3O. The summed E-state index contributed by atoms with van der Waals surface area (Å²) >= 11 is 0. The Labute approximate surface area is 288 Å². The Morgan fingerprint density at radius 3 is 2.02 bits per heavy atom. The number of rotatable bonds is 3. The van der Waals surface area contributed by atoms with Gasteiger partial charge in [-0.05, 0) is 94.0 Å². The van der Waals surface area contributed by atoms with Gasteiger partial charge < -0.3 is 8.98 Å². The number of benzene rings is 7. The van der Waals surface area contributed by atoms with Gasteiger partial charge in [0.15, 0.2) is 5.58 Å². The zero-order valence-corrected chi connectivity index (χ0v) is 27.7. The lowest BCUT2D eigenvalue weighted by Crippen LogP contribution is -2.14. The number of aromatic nitrogens is 3. The number of para-hydroxylation sites is 4. The first-order valence-electron chi connectivity index (χ1n) is 17.2. The van der Waals surface area contributed by atoms with Gasteiger partial charge in [0.1, 0.15) is 5.52 Å². The normalized spacial score (nSPS) is 13.6. The van der Waals surface area contributed by atoms with Crippen LogP contribution in [-0.4, -0.2) is 14.1 Å². The Morgan fingerprint density at radius 2 is 1.18 bits per heavy atom. The summed E-state index contributed by atoms with van der Waals surface area (Å²) in [5, 5.41) is 4.92. The summed E-state index contributed by atoms with van der Waals surface area (Å²) in [4.78, 5) is 4.88. The topological polar surface area (TPSA) is 35.9 Å². The van der Waals surface area contributed by atoms with Gasteiger partial charge in [0, 0.05) is 32.6 Å². The summed E-state index contributed by atoms with van der Waals surface area (Å²) in [5.74, 6) is 0. The van der Waals surface area contributed by atoms with E-state index in [0.29, 0.717) is 6.01 Å². The molecule has 7 aromatic carbocycles. The highest BCUT2D eigenvalue weighted by atomic mass is 16.4. The number of oxazole rings is 1. The maximum Gasteiger partial charge on any atom is 0.307 e. The first-order chi connectivity index (χ1) is 24.6. The minimum Gasteiger partial charge on any atom is -0.423 e. The van der Waals surface area contributed by atoms with Crippen molar-refractivity contribution in [2.75, 3.05) is 0 Å². The van der Waals surface area contributed by atoms with E-state index in [1.807, 2.05) is 24.3 Å². The molecule has 0 amide bonds. The molecule has 236 valence electrons. The molecular weight excluding hydrogens is 611 g/mol. The second-order valence-electron chi connectivity index (χ2n) is 14.0. The molecule has 3 aromatic heterocycles. The lowest BCUT2D eigenvalue weighted by molar-refractivity contribution is 0.574. The largest absolute Gasteiger partial charge is 0.423 e. The number of nitrogens with zero attached hydrogens (tertiary/aromatic N) is 3. The third-order valence-electron chi connectivity index (χ3n) is 11.0. The molecule has 50 heavy (non-hydrogen) atoms. The average Bonchev–Trinajstić information content (AvgIpc) is 3.88. The smallest absolute Gasteiger partial charge is 0.307 e. The first-order valence-corrected chi connectivity index (χ1v) is 17.2. The minimum atomic E-state index is -0.0765. The molecule has 3 heterocycles. The van der Waals surface area contributed by atoms with Crippen molar-refractivity contribution in [2.45, 2.75) is 19.3 Å². The van der Waals surface area contributed by atoms with Crippen molar-refractivity contribution in [3.63, 3.8) is 0 Å². The second-order valence-corrected chi connectivity index (χ2v) is 14.0. The molecule has 0 bridgehead atoms. The molecule has 0 saturated heterocycles. The van der Waals surface area contributed by atoms with Crippen molar-refractivity contribution < 1.29 is 4.42 Å². The highest BCUT2D eigenvalue weighted by Gasteiger charge is 2.37. The van der Waals surface area contributed by atoms with Crippen LogP contribution < -0.4 is 0 Å². The summed E-state index contributed by atoms with van der Waals surface area (Å²) in [5.41, 5.74) is 15.1. The maximum absolute atomic E-state index is 6.30. The maximum atomic E-state index is 6.30. The van der Waals surface area contributed by atoms with Gasteiger partial charge in [-0.15, -0.1) is 0 Å². The molecule has 0 unspecified atom stereocenters. The van der Waals surface area contributed by atoms with E-state index in [2.05, 4.69) is 150 Å². The Balaban J connectivity index is 1.18. The molecule has 0 atom stereocenters. The third-order valence-corrected chi connectivity index (χ3v) is 11.0. The SMILES string of the molecule is CC1(C)c2ccccc2-c2c1ccc1c2c2cc(-c3ccc4c(c3)c3ccccc3n4-c3nc4ccccc4o3)ccc2n1-c1ccccc1. The summed E-state index contributed by atoms with van der Waals surface area (Å²) in [7, 11) is 0. The van der Waals surface area contributed by atoms with Crippen LogP contribution in [0.15, 0.2) is 156 Å². The van der Waals surface area contributed by atoms with Crippen LogP contribution in [0, 0.1) is 0 Å². The van der Waals surface area contributed by atoms with Gasteiger partial charge in [-0.3, -0.25) is 4.57 Å². The molecule has 1 aliphatic carbocycles. The Bertz CT molecular complexity index is 2980. The first kappa shape index (κ1) is 27.5. The zero-order chi connectivity index (χ0) is 33.1. The number of fused-ring (bicyclic) bond motifs is 11. The minimum absolute atomic E-state index is 0.0765. The van der Waals surface area contributed by atoms with Crippen LogP contribution in [0.3, 0.4) is 0 Å². The fraction of sp³-hybridized carbons (Fsp3) is 0.0652. The van der Waals surface area contributed by atoms with E-state index in [-0.39, 0.29) is 5.41 Å². The van der Waals surface area contributed by atoms with E-state index in [4.69, 9.17) is 9.40 Å². The molecule has 0 aliphatic heterocycles. The van der Waals surface area contributed by atoms with E-state index < -0.39 is 0 Å². The van der Waals surface area contributed by atoms with E-state index >= 15 is 0 Å². The number of hydrogen-bond acceptors (Lipinski definition) is 2. The van der Waals surface area contributed by atoms with Crippen LogP contribution in [0.1, 0.15) is 25.0 Å². The van der Waals surface area contributed by atoms with Crippen LogP contribution in [0.2, 0.25) is 0 Å². The summed E-state index contributed by atoms with van der Waals surface area (Å²) in [6.45, 7) is 4.72. The van der Waals surface area contributed by atoms with Gasteiger partial charge >= 0.3 is 6.01 Å². The van der Waals surface area contributed by atoms with Crippen LogP contribution in [0.25, 0.3) is 88.7 Å². The molecule has 4 nitrogen and oxygen atoms in total.